The van der Waals surface area contributed by atoms with Crippen molar-refractivity contribution in [3.8, 4) is 0 Å². The molecular weight excluding hydrogens is 178 g/mol. The zero-order chi connectivity index (χ0) is 9.80. The van der Waals surface area contributed by atoms with Gasteiger partial charge in [0.2, 0.25) is 0 Å². The molecule has 0 aromatic carbocycles. The van der Waals surface area contributed by atoms with E-state index in [9.17, 15) is 0 Å². The second kappa shape index (κ2) is 4.11. The van der Waals surface area contributed by atoms with Crippen LogP contribution in [0.1, 0.15) is 24.2 Å². The van der Waals surface area contributed by atoms with Crippen molar-refractivity contribution in [1.29, 1.82) is 0 Å². The van der Waals surface area contributed by atoms with Crippen molar-refractivity contribution in [1.82, 2.24) is 15.5 Å². The molecule has 0 fully saturated rings. The van der Waals surface area contributed by atoms with Crippen molar-refractivity contribution in [2.24, 2.45) is 0 Å². The molecule has 2 aromatic rings. The SMILES string of the molecule is CC(NCc1ccoc1)c1ccn[nH]1. The van der Waals surface area contributed by atoms with Crippen LogP contribution in [-0.4, -0.2) is 10.2 Å². The number of nitrogens with zero attached hydrogens (tertiary/aromatic N) is 1. The fourth-order valence-corrected chi connectivity index (χ4v) is 1.28. The third-order valence-electron chi connectivity index (χ3n) is 2.18. The first kappa shape index (κ1) is 9.02. The fourth-order valence-electron chi connectivity index (χ4n) is 1.28. The van der Waals surface area contributed by atoms with Gasteiger partial charge in [-0.1, -0.05) is 0 Å². The van der Waals surface area contributed by atoms with E-state index >= 15 is 0 Å². The number of aromatic amines is 1. The summed E-state index contributed by atoms with van der Waals surface area (Å²) in [4.78, 5) is 0. The Morgan fingerprint density at radius 1 is 1.57 bits per heavy atom. The van der Waals surface area contributed by atoms with E-state index in [0.717, 1.165) is 17.8 Å². The van der Waals surface area contributed by atoms with Crippen molar-refractivity contribution < 1.29 is 4.42 Å². The summed E-state index contributed by atoms with van der Waals surface area (Å²) in [6, 6.07) is 4.19. The standard InChI is InChI=1S/C10H13N3O/c1-8(10-2-4-12-13-10)11-6-9-3-5-14-7-9/h2-5,7-8,11H,6H2,1H3,(H,12,13). The van der Waals surface area contributed by atoms with Gasteiger partial charge in [0.05, 0.1) is 18.2 Å². The molecule has 0 spiro atoms. The Kier molecular flexibility index (Phi) is 2.65. The molecule has 0 amide bonds. The molecule has 4 heteroatoms. The van der Waals surface area contributed by atoms with Crippen molar-refractivity contribution in [2.45, 2.75) is 19.5 Å². The van der Waals surface area contributed by atoms with Crippen LogP contribution in [0.15, 0.2) is 35.3 Å². The van der Waals surface area contributed by atoms with Gasteiger partial charge >= 0.3 is 0 Å². The topological polar surface area (TPSA) is 53.9 Å². The maximum absolute atomic E-state index is 4.98. The van der Waals surface area contributed by atoms with Crippen LogP contribution in [0.3, 0.4) is 0 Å². The summed E-state index contributed by atoms with van der Waals surface area (Å²) in [7, 11) is 0. The Bertz CT molecular complexity index is 353. The van der Waals surface area contributed by atoms with Crippen molar-refractivity contribution in [3.63, 3.8) is 0 Å². The van der Waals surface area contributed by atoms with Gasteiger partial charge in [-0.05, 0) is 19.1 Å². The quantitative estimate of drug-likeness (QED) is 0.775. The first-order chi connectivity index (χ1) is 6.86. The van der Waals surface area contributed by atoms with E-state index < -0.39 is 0 Å². The van der Waals surface area contributed by atoms with E-state index in [1.54, 1.807) is 18.7 Å². The minimum atomic E-state index is 0.271. The summed E-state index contributed by atoms with van der Waals surface area (Å²) >= 11 is 0. The maximum atomic E-state index is 4.98. The van der Waals surface area contributed by atoms with Gasteiger partial charge in [0.25, 0.3) is 0 Å². The zero-order valence-corrected chi connectivity index (χ0v) is 8.03. The second-order valence-electron chi connectivity index (χ2n) is 3.25. The molecule has 2 N–H and O–H groups in total. The van der Waals surface area contributed by atoms with Crippen LogP contribution in [0.5, 0.6) is 0 Å². The van der Waals surface area contributed by atoms with Gasteiger partial charge in [-0.2, -0.15) is 5.10 Å². The molecule has 0 aliphatic carbocycles. The minimum absolute atomic E-state index is 0.271. The van der Waals surface area contributed by atoms with Crippen molar-refractivity contribution in [2.75, 3.05) is 0 Å². The summed E-state index contributed by atoms with van der Waals surface area (Å²) in [6.07, 6.45) is 5.18. The molecule has 2 aromatic heterocycles. The zero-order valence-electron chi connectivity index (χ0n) is 8.03. The predicted molar refractivity (Wildman–Crippen MR) is 52.6 cm³/mol. The van der Waals surface area contributed by atoms with Crippen LogP contribution in [0, 0.1) is 0 Å². The van der Waals surface area contributed by atoms with Crippen LogP contribution in [0.4, 0.5) is 0 Å². The van der Waals surface area contributed by atoms with Crippen molar-refractivity contribution >= 4 is 0 Å². The molecule has 0 saturated heterocycles. The minimum Gasteiger partial charge on any atom is -0.472 e. The Hall–Kier alpha value is -1.55. The molecule has 0 radical (unpaired) electrons. The highest BCUT2D eigenvalue weighted by atomic mass is 16.3. The highest BCUT2D eigenvalue weighted by Gasteiger charge is 2.05. The molecule has 2 heterocycles. The van der Waals surface area contributed by atoms with Crippen LogP contribution in [0.25, 0.3) is 0 Å². The van der Waals surface area contributed by atoms with Crippen LogP contribution in [-0.2, 0) is 6.54 Å². The highest BCUT2D eigenvalue weighted by Crippen LogP contribution is 2.09. The molecule has 14 heavy (non-hydrogen) atoms. The van der Waals surface area contributed by atoms with Crippen molar-refractivity contribution in [3.05, 3.63) is 42.1 Å². The van der Waals surface area contributed by atoms with Gasteiger partial charge in [-0.15, -0.1) is 0 Å². The Morgan fingerprint density at radius 2 is 2.50 bits per heavy atom. The normalized spacial score (nSPS) is 12.9. The van der Waals surface area contributed by atoms with Crippen LogP contribution < -0.4 is 5.32 Å². The number of nitrogens with one attached hydrogen (secondary N) is 2. The third-order valence-corrected chi connectivity index (χ3v) is 2.18. The summed E-state index contributed by atoms with van der Waals surface area (Å²) in [5.41, 5.74) is 2.24. The van der Waals surface area contributed by atoms with Gasteiger partial charge in [0.15, 0.2) is 0 Å². The lowest BCUT2D eigenvalue weighted by atomic mass is 10.2. The molecule has 2 rings (SSSR count). The first-order valence-corrected chi connectivity index (χ1v) is 4.60. The lowest BCUT2D eigenvalue weighted by Gasteiger charge is -2.10. The smallest absolute Gasteiger partial charge is 0.0947 e. The number of aromatic nitrogens is 2. The summed E-state index contributed by atoms with van der Waals surface area (Å²) in [5, 5.41) is 10.2. The molecule has 1 unspecified atom stereocenters. The molecule has 1 atom stereocenters. The number of rotatable bonds is 4. The van der Waals surface area contributed by atoms with Gasteiger partial charge in [-0.25, -0.2) is 0 Å². The molecule has 74 valence electrons. The van der Waals surface area contributed by atoms with E-state index in [4.69, 9.17) is 4.42 Å². The predicted octanol–water partition coefficient (Wildman–Crippen LogP) is 1.85. The van der Waals surface area contributed by atoms with Crippen LogP contribution >= 0.6 is 0 Å². The third kappa shape index (κ3) is 2.03. The van der Waals surface area contributed by atoms with Gasteiger partial charge in [-0.3, -0.25) is 5.10 Å². The molecule has 0 bridgehead atoms. The second-order valence-corrected chi connectivity index (χ2v) is 3.25. The molecule has 4 nitrogen and oxygen atoms in total. The summed E-state index contributed by atoms with van der Waals surface area (Å²) in [5.74, 6) is 0. The Labute approximate surface area is 82.3 Å². The average Bonchev–Trinajstić information content (AvgIpc) is 2.87. The lowest BCUT2D eigenvalue weighted by Crippen LogP contribution is -2.18. The van der Waals surface area contributed by atoms with Gasteiger partial charge < -0.3 is 9.73 Å². The van der Waals surface area contributed by atoms with Gasteiger partial charge in [0.1, 0.15) is 0 Å². The average molecular weight is 191 g/mol. The lowest BCUT2D eigenvalue weighted by molar-refractivity contribution is 0.540. The monoisotopic (exact) mass is 191 g/mol. The number of hydrogen-bond acceptors (Lipinski definition) is 3. The Morgan fingerprint density at radius 3 is 3.14 bits per heavy atom. The van der Waals surface area contributed by atoms with Gasteiger partial charge in [0, 0.05) is 24.3 Å². The molecular formula is C10H13N3O. The van der Waals surface area contributed by atoms with E-state index in [-0.39, 0.29) is 6.04 Å². The largest absolute Gasteiger partial charge is 0.472 e. The highest BCUT2D eigenvalue weighted by molar-refractivity contribution is 5.07. The Balaban J connectivity index is 1.87. The maximum Gasteiger partial charge on any atom is 0.0947 e. The number of H-pyrrole nitrogens is 1. The fraction of sp³-hybridized carbons (Fsp3) is 0.300. The number of hydrogen-bond donors (Lipinski definition) is 2. The molecule has 0 aliphatic rings. The number of furan rings is 1. The van der Waals surface area contributed by atoms with E-state index in [2.05, 4.69) is 22.4 Å². The first-order valence-electron chi connectivity index (χ1n) is 4.60. The van der Waals surface area contributed by atoms with E-state index in [1.807, 2.05) is 12.1 Å². The van der Waals surface area contributed by atoms with Crippen LogP contribution in [0.2, 0.25) is 0 Å². The summed E-state index contributed by atoms with van der Waals surface area (Å²) in [6.45, 7) is 2.89. The molecule has 0 saturated carbocycles. The molecule has 0 aliphatic heterocycles. The summed E-state index contributed by atoms with van der Waals surface area (Å²) < 4.78 is 4.98. The van der Waals surface area contributed by atoms with E-state index in [1.165, 1.54) is 0 Å². The van der Waals surface area contributed by atoms with E-state index in [0.29, 0.717) is 0 Å².